The third-order valence-corrected chi connectivity index (χ3v) is 12.1. The Balaban J connectivity index is 1.43. The van der Waals surface area contributed by atoms with Crippen molar-refractivity contribution in [2.75, 3.05) is 0 Å². The van der Waals surface area contributed by atoms with Gasteiger partial charge in [0.2, 0.25) is 0 Å². The summed E-state index contributed by atoms with van der Waals surface area (Å²) in [5, 5.41) is 43.9. The standard InChI is InChI=1S/C34H12N4S4/c35-13-19(14-36)27-23-11-17(25-3-1-9-39-25)5-7-21(23)29-31(27)41-34-30-22-8-6-18(26-4-2-10-40-26)12-24(22)28(20(15-37)16-38)32(30)42-33(29)34/h1-12H. The molecule has 42 heavy (non-hydrogen) atoms. The second kappa shape index (κ2) is 9.23. The normalized spacial score (nSPS) is 12.1. The minimum absolute atomic E-state index is 0.0988. The number of nitriles is 4. The van der Waals surface area contributed by atoms with Crippen LogP contribution in [0.5, 0.6) is 0 Å². The van der Waals surface area contributed by atoms with Crippen molar-refractivity contribution in [3.05, 3.63) is 103 Å². The van der Waals surface area contributed by atoms with Crippen molar-refractivity contribution in [3.63, 3.8) is 0 Å². The van der Waals surface area contributed by atoms with Gasteiger partial charge >= 0.3 is 0 Å². The van der Waals surface area contributed by atoms with E-state index >= 15 is 0 Å². The highest BCUT2D eigenvalue weighted by atomic mass is 32.1. The Kier molecular flexibility index (Phi) is 5.43. The zero-order chi connectivity index (χ0) is 28.5. The summed E-state index contributed by atoms with van der Waals surface area (Å²) in [5.41, 5.74) is 9.47. The van der Waals surface area contributed by atoms with Gasteiger partial charge in [0.25, 0.3) is 0 Å². The first-order valence-corrected chi connectivity index (χ1v) is 16.1. The van der Waals surface area contributed by atoms with E-state index in [1.807, 2.05) is 22.9 Å². The van der Waals surface area contributed by atoms with Gasteiger partial charge in [-0.15, -0.1) is 45.3 Å². The fourth-order valence-corrected chi connectivity index (χ4v) is 10.4. The molecular formula is C34H12N4S4. The molecule has 2 aromatic carbocycles. The Morgan fingerprint density at radius 2 is 0.952 bits per heavy atom. The molecular weight excluding hydrogens is 593 g/mol. The summed E-state index contributed by atoms with van der Waals surface area (Å²) in [6.45, 7) is 0. The van der Waals surface area contributed by atoms with Gasteiger partial charge in [-0.25, -0.2) is 0 Å². The van der Waals surface area contributed by atoms with Gasteiger partial charge in [-0.2, -0.15) is 21.0 Å². The third kappa shape index (κ3) is 3.27. The quantitative estimate of drug-likeness (QED) is 0.183. The lowest BCUT2D eigenvalue weighted by atomic mass is 9.98. The highest BCUT2D eigenvalue weighted by Gasteiger charge is 2.37. The molecule has 0 unspecified atom stereocenters. The number of thiophene rings is 4. The van der Waals surface area contributed by atoms with Crippen molar-refractivity contribution in [2.45, 2.75) is 0 Å². The number of hydrogen-bond donors (Lipinski definition) is 0. The van der Waals surface area contributed by atoms with Gasteiger partial charge in [0.05, 0.1) is 9.40 Å². The van der Waals surface area contributed by atoms with Crippen molar-refractivity contribution in [1.82, 2.24) is 0 Å². The van der Waals surface area contributed by atoms with Crippen LogP contribution in [-0.2, 0) is 0 Å². The number of rotatable bonds is 2. The first kappa shape index (κ1) is 24.7. The smallest absolute Gasteiger partial charge is 0.138 e. The van der Waals surface area contributed by atoms with Crippen LogP contribution in [-0.4, -0.2) is 0 Å². The van der Waals surface area contributed by atoms with Crippen LogP contribution in [0.1, 0.15) is 20.9 Å². The first-order chi connectivity index (χ1) is 20.7. The average Bonchev–Trinajstić information content (AvgIpc) is 3.85. The van der Waals surface area contributed by atoms with Gasteiger partial charge in [-0.1, -0.05) is 36.4 Å². The summed E-state index contributed by atoms with van der Waals surface area (Å²) in [6, 6.07) is 29.3. The summed E-state index contributed by atoms with van der Waals surface area (Å²) >= 11 is 6.47. The maximum Gasteiger partial charge on any atom is 0.138 e. The molecule has 4 aromatic heterocycles. The molecule has 2 aliphatic carbocycles. The second-order valence-electron chi connectivity index (χ2n) is 9.69. The molecule has 0 N–H and O–H groups in total. The van der Waals surface area contributed by atoms with E-state index in [0.29, 0.717) is 11.1 Å². The van der Waals surface area contributed by atoms with Gasteiger partial charge in [-0.05, 0) is 68.4 Å². The van der Waals surface area contributed by atoms with E-state index in [0.717, 1.165) is 73.4 Å². The van der Waals surface area contributed by atoms with Crippen LogP contribution < -0.4 is 0 Å². The number of fused-ring (bicyclic) bond motifs is 9. The Morgan fingerprint density at radius 1 is 0.524 bits per heavy atom. The molecule has 0 saturated carbocycles. The highest BCUT2D eigenvalue weighted by molar-refractivity contribution is 7.31. The maximum absolute atomic E-state index is 9.97. The SMILES string of the molecule is N#CC(C#N)=C1c2cc(-c3cccs3)ccc2-c2c1sc1c3c(sc21)C(=C(C#N)C#N)c1cc(-c2cccs2)ccc1-3. The molecule has 0 amide bonds. The largest absolute Gasteiger partial charge is 0.192 e. The maximum atomic E-state index is 9.97. The highest BCUT2D eigenvalue weighted by Crippen LogP contribution is 2.62. The Hall–Kier alpha value is -5.06. The monoisotopic (exact) mass is 604 g/mol. The van der Waals surface area contributed by atoms with Gasteiger partial charge in [0.1, 0.15) is 35.4 Å². The van der Waals surface area contributed by atoms with E-state index in [1.165, 1.54) is 0 Å². The van der Waals surface area contributed by atoms with E-state index in [-0.39, 0.29) is 11.1 Å². The van der Waals surface area contributed by atoms with E-state index in [9.17, 15) is 21.0 Å². The Morgan fingerprint density at radius 3 is 1.31 bits per heavy atom. The number of allylic oxidation sites excluding steroid dienone is 2. The molecule has 2 aliphatic rings. The lowest BCUT2D eigenvalue weighted by Crippen LogP contribution is -1.87. The fourth-order valence-electron chi connectivity index (χ4n) is 5.92. The molecule has 0 bridgehead atoms. The topological polar surface area (TPSA) is 95.2 Å². The number of hydrogen-bond acceptors (Lipinski definition) is 8. The van der Waals surface area contributed by atoms with Gasteiger partial charge in [0, 0.05) is 41.8 Å². The molecule has 0 radical (unpaired) electrons. The molecule has 0 spiro atoms. The minimum Gasteiger partial charge on any atom is -0.192 e. The van der Waals surface area contributed by atoms with Crippen LogP contribution in [0.4, 0.5) is 0 Å². The Bertz CT molecular complexity index is 2180. The molecule has 0 fully saturated rings. The summed E-state index contributed by atoms with van der Waals surface area (Å²) in [4.78, 5) is 4.09. The lowest BCUT2D eigenvalue weighted by molar-refractivity contribution is 1.46. The predicted molar refractivity (Wildman–Crippen MR) is 172 cm³/mol. The molecule has 192 valence electrons. The summed E-state index contributed by atoms with van der Waals surface area (Å²) < 4.78 is 2.10. The van der Waals surface area contributed by atoms with Crippen LogP contribution >= 0.6 is 45.3 Å². The van der Waals surface area contributed by atoms with Crippen molar-refractivity contribution >= 4 is 65.9 Å². The molecule has 8 rings (SSSR count). The van der Waals surface area contributed by atoms with E-state index in [1.54, 1.807) is 45.3 Å². The van der Waals surface area contributed by atoms with Crippen molar-refractivity contribution in [1.29, 1.82) is 21.0 Å². The van der Waals surface area contributed by atoms with E-state index in [2.05, 4.69) is 72.8 Å². The molecule has 8 heteroatoms. The van der Waals surface area contributed by atoms with Crippen molar-refractivity contribution < 1.29 is 0 Å². The van der Waals surface area contributed by atoms with E-state index < -0.39 is 0 Å². The third-order valence-electron chi connectivity index (χ3n) is 7.65. The lowest BCUT2D eigenvalue weighted by Gasteiger charge is -2.07. The zero-order valence-corrected chi connectivity index (χ0v) is 24.6. The average molecular weight is 605 g/mol. The van der Waals surface area contributed by atoms with Crippen LogP contribution in [0.25, 0.3) is 63.7 Å². The predicted octanol–water partition coefficient (Wildman–Crippen LogP) is 10.1. The molecule has 4 heterocycles. The summed E-state index contributed by atoms with van der Waals surface area (Å²) in [7, 11) is 0. The molecule has 0 saturated heterocycles. The van der Waals surface area contributed by atoms with Gasteiger partial charge in [0.15, 0.2) is 0 Å². The first-order valence-electron chi connectivity index (χ1n) is 12.7. The Labute approximate surface area is 256 Å². The molecule has 4 nitrogen and oxygen atoms in total. The minimum atomic E-state index is 0.0988. The van der Waals surface area contributed by atoms with Crippen LogP contribution in [0, 0.1) is 45.3 Å². The van der Waals surface area contributed by atoms with Crippen LogP contribution in [0.2, 0.25) is 0 Å². The van der Waals surface area contributed by atoms with Crippen LogP contribution in [0.3, 0.4) is 0 Å². The number of benzene rings is 2. The van der Waals surface area contributed by atoms with Crippen LogP contribution in [0.15, 0.2) is 82.6 Å². The number of nitrogens with zero attached hydrogens (tertiary/aromatic N) is 4. The molecule has 0 atom stereocenters. The van der Waals surface area contributed by atoms with E-state index in [4.69, 9.17) is 0 Å². The fraction of sp³-hybridized carbons (Fsp3) is 0. The van der Waals surface area contributed by atoms with Gasteiger partial charge < -0.3 is 0 Å². The zero-order valence-electron chi connectivity index (χ0n) is 21.4. The molecule has 0 aliphatic heterocycles. The molecule has 6 aromatic rings. The summed E-state index contributed by atoms with van der Waals surface area (Å²) in [6.07, 6.45) is 0. The van der Waals surface area contributed by atoms with Crippen molar-refractivity contribution in [3.8, 4) is 67.4 Å². The second-order valence-corrected chi connectivity index (χ2v) is 13.6. The van der Waals surface area contributed by atoms with Gasteiger partial charge in [-0.3, -0.25) is 0 Å². The summed E-state index contributed by atoms with van der Waals surface area (Å²) in [5.74, 6) is 0. The van der Waals surface area contributed by atoms with Crippen molar-refractivity contribution in [2.24, 2.45) is 0 Å².